The van der Waals surface area contributed by atoms with E-state index in [2.05, 4.69) is 4.98 Å². The van der Waals surface area contributed by atoms with Gasteiger partial charge in [0.05, 0.1) is 22.1 Å². The van der Waals surface area contributed by atoms with E-state index in [1.807, 2.05) is 31.4 Å². The van der Waals surface area contributed by atoms with Gasteiger partial charge in [0.15, 0.2) is 0 Å². The molecule has 0 unspecified atom stereocenters. The maximum Gasteiger partial charge on any atom is 0.296 e. The highest BCUT2D eigenvalue weighted by Gasteiger charge is 2.17. The van der Waals surface area contributed by atoms with Gasteiger partial charge in [-0.25, -0.2) is 4.98 Å². The van der Waals surface area contributed by atoms with E-state index in [1.165, 1.54) is 0 Å². The Bertz CT molecular complexity index is 910. The quantitative estimate of drug-likeness (QED) is 0.620. The van der Waals surface area contributed by atoms with Crippen LogP contribution in [0.25, 0.3) is 10.8 Å². The molecule has 0 aliphatic rings. The number of hydrogen-bond donors (Lipinski definition) is 0. The number of aryl methyl sites for hydroxylation is 2. The first-order valence-corrected chi connectivity index (χ1v) is 9.71. The van der Waals surface area contributed by atoms with Gasteiger partial charge in [-0.3, -0.25) is 4.18 Å². The van der Waals surface area contributed by atoms with Gasteiger partial charge in [0.1, 0.15) is 5.76 Å². The number of thiophene rings is 1. The van der Waals surface area contributed by atoms with Crippen molar-refractivity contribution in [3.8, 4) is 10.8 Å². The van der Waals surface area contributed by atoms with E-state index in [0.29, 0.717) is 23.8 Å². The van der Waals surface area contributed by atoms with Crippen LogP contribution in [-0.2, 0) is 20.7 Å². The third-order valence-corrected chi connectivity index (χ3v) is 5.70. The molecule has 1 aromatic carbocycles. The number of nitrogens with zero attached hydrogens (tertiary/aromatic N) is 1. The first kappa shape index (κ1) is 16.9. The van der Waals surface area contributed by atoms with Gasteiger partial charge >= 0.3 is 0 Å². The SMILES string of the molecule is Cc1ccc(S(=O)(=O)OCCc2nc(-c3cccs3)oc2C)cc1. The molecule has 2 aromatic heterocycles. The van der Waals surface area contributed by atoms with Gasteiger partial charge in [0, 0.05) is 6.42 Å². The lowest BCUT2D eigenvalue weighted by Gasteiger charge is -2.05. The van der Waals surface area contributed by atoms with Gasteiger partial charge in [-0.1, -0.05) is 23.8 Å². The first-order valence-electron chi connectivity index (χ1n) is 7.42. The van der Waals surface area contributed by atoms with Crippen molar-refractivity contribution in [1.82, 2.24) is 4.98 Å². The second-order valence-corrected chi connectivity index (χ2v) is 7.90. The largest absolute Gasteiger partial charge is 0.440 e. The Balaban J connectivity index is 1.65. The molecule has 0 N–H and O–H groups in total. The van der Waals surface area contributed by atoms with Gasteiger partial charge in [-0.05, 0) is 37.4 Å². The van der Waals surface area contributed by atoms with Gasteiger partial charge in [-0.15, -0.1) is 11.3 Å². The van der Waals surface area contributed by atoms with Gasteiger partial charge in [0.25, 0.3) is 10.1 Å². The monoisotopic (exact) mass is 363 g/mol. The molecule has 0 spiro atoms. The van der Waals surface area contributed by atoms with Crippen LogP contribution in [0.5, 0.6) is 0 Å². The normalized spacial score (nSPS) is 11.8. The average Bonchev–Trinajstić information content (AvgIpc) is 3.18. The standard InChI is InChI=1S/C17H17NO4S2/c1-12-5-7-14(8-6-12)24(19,20)21-10-9-15-13(2)22-17(18-15)16-4-3-11-23-16/h3-8,11H,9-10H2,1-2H3. The molecule has 3 aromatic rings. The summed E-state index contributed by atoms with van der Waals surface area (Å²) in [4.78, 5) is 5.52. The highest BCUT2D eigenvalue weighted by molar-refractivity contribution is 7.86. The van der Waals surface area contributed by atoms with Crippen LogP contribution in [0.2, 0.25) is 0 Å². The predicted molar refractivity (Wildman–Crippen MR) is 92.6 cm³/mol. The molecule has 0 aliphatic heterocycles. The van der Waals surface area contributed by atoms with Crippen LogP contribution < -0.4 is 0 Å². The molecule has 0 atom stereocenters. The summed E-state index contributed by atoms with van der Waals surface area (Å²) in [6.45, 7) is 3.73. The molecule has 0 radical (unpaired) electrons. The molecular weight excluding hydrogens is 346 g/mol. The molecule has 126 valence electrons. The minimum Gasteiger partial charge on any atom is -0.440 e. The van der Waals surface area contributed by atoms with E-state index in [-0.39, 0.29) is 11.5 Å². The van der Waals surface area contributed by atoms with Crippen LogP contribution in [0, 0.1) is 13.8 Å². The Hall–Kier alpha value is -1.96. The fraction of sp³-hybridized carbons (Fsp3) is 0.235. The lowest BCUT2D eigenvalue weighted by atomic mass is 10.2. The van der Waals surface area contributed by atoms with Crippen LogP contribution in [0.3, 0.4) is 0 Å². The number of benzene rings is 1. The van der Waals surface area contributed by atoms with Crippen molar-refractivity contribution in [2.45, 2.75) is 25.2 Å². The van der Waals surface area contributed by atoms with Gasteiger partial charge < -0.3 is 4.42 Å². The topological polar surface area (TPSA) is 69.4 Å². The van der Waals surface area contributed by atoms with Gasteiger partial charge in [0.2, 0.25) is 5.89 Å². The summed E-state index contributed by atoms with van der Waals surface area (Å²) in [6, 6.07) is 10.4. The van der Waals surface area contributed by atoms with Crippen LogP contribution >= 0.6 is 11.3 Å². The summed E-state index contributed by atoms with van der Waals surface area (Å²) in [7, 11) is -3.75. The second kappa shape index (κ2) is 6.88. The Kier molecular flexibility index (Phi) is 4.84. The van der Waals surface area contributed by atoms with Crippen LogP contribution in [0.15, 0.2) is 51.1 Å². The summed E-state index contributed by atoms with van der Waals surface area (Å²) >= 11 is 1.54. The third-order valence-electron chi connectivity index (χ3n) is 3.51. The molecule has 5 nitrogen and oxygen atoms in total. The molecule has 2 heterocycles. The Morgan fingerprint density at radius 1 is 1.17 bits per heavy atom. The maximum atomic E-state index is 12.1. The zero-order valence-corrected chi connectivity index (χ0v) is 15.0. The summed E-state index contributed by atoms with van der Waals surface area (Å²) in [5.41, 5.74) is 1.70. The summed E-state index contributed by atoms with van der Waals surface area (Å²) in [5, 5.41) is 1.95. The number of oxazole rings is 1. The number of aromatic nitrogens is 1. The third kappa shape index (κ3) is 3.75. The van der Waals surface area contributed by atoms with E-state index < -0.39 is 10.1 Å². The van der Waals surface area contributed by atoms with Crippen molar-refractivity contribution >= 4 is 21.5 Å². The van der Waals surface area contributed by atoms with Gasteiger partial charge in [-0.2, -0.15) is 8.42 Å². The van der Waals surface area contributed by atoms with Crippen molar-refractivity contribution in [1.29, 1.82) is 0 Å². The number of hydrogen-bond acceptors (Lipinski definition) is 6. The van der Waals surface area contributed by atoms with Crippen molar-refractivity contribution in [2.24, 2.45) is 0 Å². The Morgan fingerprint density at radius 2 is 1.92 bits per heavy atom. The zero-order chi connectivity index (χ0) is 17.2. The molecule has 24 heavy (non-hydrogen) atoms. The average molecular weight is 363 g/mol. The van der Waals surface area contributed by atoms with Crippen LogP contribution in [0.1, 0.15) is 17.0 Å². The highest BCUT2D eigenvalue weighted by atomic mass is 32.2. The van der Waals surface area contributed by atoms with Crippen molar-refractivity contribution < 1.29 is 17.0 Å². The first-order chi connectivity index (χ1) is 11.5. The molecule has 0 saturated carbocycles. The van der Waals surface area contributed by atoms with E-state index in [1.54, 1.807) is 35.6 Å². The predicted octanol–water partition coefficient (Wildman–Crippen LogP) is 3.97. The lowest BCUT2D eigenvalue weighted by Crippen LogP contribution is -2.09. The summed E-state index contributed by atoms with van der Waals surface area (Å²) in [6.07, 6.45) is 0.367. The molecule has 0 saturated heterocycles. The Morgan fingerprint density at radius 3 is 2.58 bits per heavy atom. The molecule has 0 fully saturated rings. The minimum absolute atomic E-state index is 0.0213. The van der Waals surface area contributed by atoms with E-state index in [0.717, 1.165) is 10.4 Å². The van der Waals surface area contributed by atoms with E-state index in [9.17, 15) is 8.42 Å². The number of rotatable bonds is 6. The van der Waals surface area contributed by atoms with Crippen molar-refractivity contribution in [2.75, 3.05) is 6.61 Å². The molecular formula is C17H17NO4S2. The second-order valence-electron chi connectivity index (χ2n) is 5.34. The van der Waals surface area contributed by atoms with Crippen LogP contribution in [-0.4, -0.2) is 20.0 Å². The van der Waals surface area contributed by atoms with Crippen molar-refractivity contribution in [3.05, 3.63) is 58.8 Å². The maximum absolute atomic E-state index is 12.1. The molecule has 0 aliphatic carbocycles. The Labute approximate surface area is 145 Å². The summed E-state index contributed by atoms with van der Waals surface area (Å²) < 4.78 is 35.0. The minimum atomic E-state index is -3.75. The fourth-order valence-electron chi connectivity index (χ4n) is 2.19. The molecule has 0 amide bonds. The zero-order valence-electron chi connectivity index (χ0n) is 13.4. The van der Waals surface area contributed by atoms with E-state index in [4.69, 9.17) is 8.60 Å². The van der Waals surface area contributed by atoms with Crippen LogP contribution in [0.4, 0.5) is 0 Å². The van der Waals surface area contributed by atoms with E-state index >= 15 is 0 Å². The summed E-state index contributed by atoms with van der Waals surface area (Å²) in [5.74, 6) is 1.23. The fourth-order valence-corrected chi connectivity index (χ4v) is 3.74. The molecule has 0 bridgehead atoms. The smallest absolute Gasteiger partial charge is 0.296 e. The molecule has 7 heteroatoms. The molecule has 3 rings (SSSR count). The van der Waals surface area contributed by atoms with Crippen molar-refractivity contribution in [3.63, 3.8) is 0 Å². The lowest BCUT2D eigenvalue weighted by molar-refractivity contribution is 0.320. The highest BCUT2D eigenvalue weighted by Crippen LogP contribution is 2.26.